The smallest absolute Gasteiger partial charge is 0.211 e. The normalized spacial score (nSPS) is 11.8. The van der Waals surface area contributed by atoms with Gasteiger partial charge < -0.3 is 5.32 Å². The summed E-state index contributed by atoms with van der Waals surface area (Å²) < 4.78 is 12.2. The van der Waals surface area contributed by atoms with E-state index in [0.717, 1.165) is 5.69 Å². The van der Waals surface area contributed by atoms with Crippen LogP contribution in [-0.2, 0) is 15.6 Å². The van der Waals surface area contributed by atoms with Crippen molar-refractivity contribution in [2.24, 2.45) is 0 Å². The molecule has 5 heteroatoms. The molecule has 0 bridgehead atoms. The number of aryl methyl sites for hydroxylation is 1. The van der Waals surface area contributed by atoms with Crippen molar-refractivity contribution in [3.05, 3.63) is 48.3 Å². The summed E-state index contributed by atoms with van der Waals surface area (Å²) >= 11 is 0. The molecular formula is C13H12N2O2S. The van der Waals surface area contributed by atoms with Crippen molar-refractivity contribution in [1.82, 2.24) is 4.98 Å². The van der Waals surface area contributed by atoms with E-state index in [1.165, 1.54) is 0 Å². The molecule has 0 aliphatic heterocycles. The number of anilines is 1. The van der Waals surface area contributed by atoms with Crippen LogP contribution in [0.1, 0.15) is 5.69 Å². The highest BCUT2D eigenvalue weighted by atomic mass is 32.2. The third kappa shape index (κ3) is 2.81. The number of pyridine rings is 1. The van der Waals surface area contributed by atoms with Gasteiger partial charge >= 0.3 is 0 Å². The molecule has 1 aromatic carbocycles. The first-order valence-electron chi connectivity index (χ1n) is 5.35. The average Bonchev–Trinajstić information content (AvgIpc) is 2.40. The number of benzene rings is 1. The topological polar surface area (TPSA) is 59.1 Å². The molecule has 2 aromatic rings. The quantitative estimate of drug-likeness (QED) is 0.857. The van der Waals surface area contributed by atoms with Crippen LogP contribution in [0, 0.1) is 6.92 Å². The maximum absolute atomic E-state index is 12.2. The number of nitrogens with zero attached hydrogens (tertiary/aromatic N) is 1. The molecule has 1 atom stereocenters. The van der Waals surface area contributed by atoms with Crippen LogP contribution in [0.2, 0.25) is 0 Å². The zero-order valence-electron chi connectivity index (χ0n) is 9.79. The molecule has 0 radical (unpaired) electrons. The Balaban J connectivity index is 2.23. The highest BCUT2D eigenvalue weighted by Crippen LogP contribution is 2.17. The Labute approximate surface area is 108 Å². The first-order valence-corrected chi connectivity index (χ1v) is 6.50. The Morgan fingerprint density at radius 2 is 1.78 bits per heavy atom. The summed E-state index contributed by atoms with van der Waals surface area (Å²) in [7, 11) is -1.25. The van der Waals surface area contributed by atoms with E-state index in [1.807, 2.05) is 13.0 Å². The SMILES string of the molecule is Cc1ccc(S(=O)c2ccc(NC=O)cc2)cn1. The van der Waals surface area contributed by atoms with Crippen molar-refractivity contribution in [2.45, 2.75) is 16.7 Å². The molecule has 0 aliphatic rings. The maximum Gasteiger partial charge on any atom is 0.211 e. The Bertz CT molecular complexity index is 565. The van der Waals surface area contributed by atoms with Crippen molar-refractivity contribution >= 4 is 22.9 Å². The van der Waals surface area contributed by atoms with Crippen molar-refractivity contribution < 1.29 is 9.00 Å². The zero-order valence-corrected chi connectivity index (χ0v) is 10.6. The van der Waals surface area contributed by atoms with Gasteiger partial charge in [-0.2, -0.15) is 0 Å². The van der Waals surface area contributed by atoms with Gasteiger partial charge in [-0.25, -0.2) is 4.21 Å². The fraction of sp³-hybridized carbons (Fsp3) is 0.0769. The number of hydrogen-bond donors (Lipinski definition) is 1. The number of amides is 1. The lowest BCUT2D eigenvalue weighted by atomic mass is 10.3. The second-order valence-corrected chi connectivity index (χ2v) is 5.17. The van der Waals surface area contributed by atoms with Gasteiger partial charge in [0.25, 0.3) is 0 Å². The molecule has 1 heterocycles. The summed E-state index contributed by atoms with van der Waals surface area (Å²) in [5.74, 6) is 0. The number of nitrogens with one attached hydrogen (secondary N) is 1. The molecule has 0 saturated carbocycles. The van der Waals surface area contributed by atoms with Gasteiger partial charge in [0.1, 0.15) is 0 Å². The minimum atomic E-state index is -1.25. The molecular weight excluding hydrogens is 248 g/mol. The van der Waals surface area contributed by atoms with Gasteiger partial charge in [-0.15, -0.1) is 0 Å². The summed E-state index contributed by atoms with van der Waals surface area (Å²) in [5.41, 5.74) is 1.56. The molecule has 1 unspecified atom stereocenters. The van der Waals surface area contributed by atoms with E-state index in [4.69, 9.17) is 0 Å². The van der Waals surface area contributed by atoms with Crippen LogP contribution in [-0.4, -0.2) is 15.6 Å². The number of hydrogen-bond acceptors (Lipinski definition) is 3. The molecule has 0 spiro atoms. The van der Waals surface area contributed by atoms with E-state index in [1.54, 1.807) is 36.5 Å². The van der Waals surface area contributed by atoms with Crippen molar-refractivity contribution in [3.8, 4) is 0 Å². The van der Waals surface area contributed by atoms with E-state index in [-0.39, 0.29) is 0 Å². The van der Waals surface area contributed by atoms with Crippen LogP contribution in [0.5, 0.6) is 0 Å². The van der Waals surface area contributed by atoms with Gasteiger partial charge in [-0.05, 0) is 43.3 Å². The zero-order chi connectivity index (χ0) is 13.0. The summed E-state index contributed by atoms with van der Waals surface area (Å²) in [6, 6.07) is 10.5. The second kappa shape index (κ2) is 5.55. The third-order valence-electron chi connectivity index (χ3n) is 2.39. The van der Waals surface area contributed by atoms with Crippen molar-refractivity contribution in [1.29, 1.82) is 0 Å². The van der Waals surface area contributed by atoms with E-state index < -0.39 is 10.8 Å². The number of carbonyl (C=O) groups is 1. The molecule has 0 aliphatic carbocycles. The van der Waals surface area contributed by atoms with Crippen LogP contribution in [0.3, 0.4) is 0 Å². The fourth-order valence-electron chi connectivity index (χ4n) is 1.44. The lowest BCUT2D eigenvalue weighted by molar-refractivity contribution is -0.105. The first-order chi connectivity index (χ1) is 8.70. The van der Waals surface area contributed by atoms with Crippen LogP contribution < -0.4 is 5.32 Å². The summed E-state index contributed by atoms with van der Waals surface area (Å²) in [6.45, 7) is 1.88. The van der Waals surface area contributed by atoms with Crippen LogP contribution >= 0.6 is 0 Å². The van der Waals surface area contributed by atoms with Gasteiger partial charge in [0.15, 0.2) is 0 Å². The molecule has 0 saturated heterocycles. The highest BCUT2D eigenvalue weighted by Gasteiger charge is 2.07. The fourth-order valence-corrected chi connectivity index (χ4v) is 2.44. The van der Waals surface area contributed by atoms with Crippen LogP contribution in [0.4, 0.5) is 5.69 Å². The van der Waals surface area contributed by atoms with Gasteiger partial charge in [0.05, 0.1) is 15.7 Å². The molecule has 92 valence electrons. The van der Waals surface area contributed by atoms with Gasteiger partial charge in [-0.3, -0.25) is 9.78 Å². The lowest BCUT2D eigenvalue weighted by Gasteiger charge is -2.04. The van der Waals surface area contributed by atoms with Gasteiger partial charge in [0.2, 0.25) is 6.41 Å². The summed E-state index contributed by atoms with van der Waals surface area (Å²) in [5, 5.41) is 2.53. The molecule has 1 aromatic heterocycles. The first kappa shape index (κ1) is 12.4. The Morgan fingerprint density at radius 1 is 1.11 bits per heavy atom. The van der Waals surface area contributed by atoms with E-state index in [9.17, 15) is 9.00 Å². The van der Waals surface area contributed by atoms with Gasteiger partial charge in [-0.1, -0.05) is 0 Å². The van der Waals surface area contributed by atoms with Crippen LogP contribution in [0.25, 0.3) is 0 Å². The average molecular weight is 260 g/mol. The Kier molecular flexibility index (Phi) is 3.84. The van der Waals surface area contributed by atoms with Crippen molar-refractivity contribution in [3.63, 3.8) is 0 Å². The van der Waals surface area contributed by atoms with E-state index >= 15 is 0 Å². The molecule has 2 rings (SSSR count). The van der Waals surface area contributed by atoms with Crippen LogP contribution in [0.15, 0.2) is 52.4 Å². The molecule has 4 nitrogen and oxygen atoms in total. The Morgan fingerprint density at radius 3 is 2.33 bits per heavy atom. The third-order valence-corrected chi connectivity index (χ3v) is 3.76. The molecule has 1 amide bonds. The minimum Gasteiger partial charge on any atom is -0.329 e. The minimum absolute atomic E-state index is 0.607. The summed E-state index contributed by atoms with van der Waals surface area (Å²) in [4.78, 5) is 15.7. The Hall–Kier alpha value is -2.01. The summed E-state index contributed by atoms with van der Waals surface area (Å²) in [6.07, 6.45) is 2.22. The largest absolute Gasteiger partial charge is 0.329 e. The predicted octanol–water partition coefficient (Wildman–Crippen LogP) is 2.13. The van der Waals surface area contributed by atoms with Gasteiger partial charge in [0, 0.05) is 22.5 Å². The number of aromatic nitrogens is 1. The maximum atomic E-state index is 12.2. The number of rotatable bonds is 4. The molecule has 18 heavy (non-hydrogen) atoms. The molecule has 0 fully saturated rings. The number of carbonyl (C=O) groups excluding carboxylic acids is 1. The standard InChI is InChI=1S/C13H12N2O2S/c1-10-2-5-13(8-14-10)18(17)12-6-3-11(4-7-12)15-9-16/h2-9H,1H3,(H,15,16). The predicted molar refractivity (Wildman–Crippen MR) is 69.8 cm³/mol. The van der Waals surface area contributed by atoms with Crippen molar-refractivity contribution in [2.75, 3.05) is 5.32 Å². The van der Waals surface area contributed by atoms with E-state index in [2.05, 4.69) is 10.3 Å². The second-order valence-electron chi connectivity index (χ2n) is 3.69. The monoisotopic (exact) mass is 260 g/mol. The van der Waals surface area contributed by atoms with E-state index in [0.29, 0.717) is 21.9 Å². The lowest BCUT2D eigenvalue weighted by Crippen LogP contribution is -1.96. The highest BCUT2D eigenvalue weighted by molar-refractivity contribution is 7.85. The molecule has 1 N–H and O–H groups in total.